The highest BCUT2D eigenvalue weighted by molar-refractivity contribution is 5.75. The Labute approximate surface area is 170 Å². The lowest BCUT2D eigenvalue weighted by atomic mass is 10.2. The number of hydrogen-bond acceptors (Lipinski definition) is 6. The van der Waals surface area contributed by atoms with Crippen LogP contribution in [0.5, 0.6) is 0 Å². The second-order valence-corrected chi connectivity index (χ2v) is 6.31. The van der Waals surface area contributed by atoms with Crippen molar-refractivity contribution in [1.29, 1.82) is 0 Å². The Morgan fingerprint density at radius 1 is 0.621 bits per heavy atom. The van der Waals surface area contributed by atoms with Gasteiger partial charge in [-0.1, -0.05) is 0 Å². The van der Waals surface area contributed by atoms with Gasteiger partial charge in [-0.2, -0.15) is 20.5 Å². The molecule has 0 aliphatic heterocycles. The van der Waals surface area contributed by atoms with Crippen LogP contribution in [0.3, 0.4) is 0 Å². The highest BCUT2D eigenvalue weighted by Crippen LogP contribution is 2.25. The van der Waals surface area contributed by atoms with Crippen LogP contribution in [-0.4, -0.2) is 19.4 Å². The SMILES string of the molecule is CCN(CC)c1ccc(N=Nc2ccc(N=Nc3ccc(C=O)cc3)cc2)cc1. The minimum atomic E-state index is 0.612. The van der Waals surface area contributed by atoms with Gasteiger partial charge in [0.2, 0.25) is 0 Å². The van der Waals surface area contributed by atoms with E-state index < -0.39 is 0 Å². The van der Waals surface area contributed by atoms with Crippen LogP contribution in [0.2, 0.25) is 0 Å². The molecule has 0 saturated carbocycles. The number of carbonyl (C=O) groups excluding carboxylic acids is 1. The third kappa shape index (κ3) is 5.65. The molecular formula is C23H23N5O. The quantitative estimate of drug-likeness (QED) is 0.304. The Morgan fingerprint density at radius 2 is 0.966 bits per heavy atom. The van der Waals surface area contributed by atoms with Gasteiger partial charge >= 0.3 is 0 Å². The molecule has 0 radical (unpaired) electrons. The third-order valence-electron chi connectivity index (χ3n) is 4.42. The van der Waals surface area contributed by atoms with Crippen LogP contribution >= 0.6 is 0 Å². The standard InChI is InChI=1S/C23H23N5O/c1-3-28(4-2)23-15-13-22(14-16-23)27-26-21-11-9-20(10-12-21)25-24-19-7-5-18(17-29)6-8-19/h5-17H,3-4H2,1-2H3. The zero-order valence-corrected chi connectivity index (χ0v) is 16.6. The van der Waals surface area contributed by atoms with Gasteiger partial charge in [0.05, 0.1) is 22.7 Å². The second-order valence-electron chi connectivity index (χ2n) is 6.31. The molecule has 0 unspecified atom stereocenters. The average molecular weight is 385 g/mol. The predicted molar refractivity (Wildman–Crippen MR) is 117 cm³/mol. The molecule has 29 heavy (non-hydrogen) atoms. The van der Waals surface area contributed by atoms with Gasteiger partial charge in [0.1, 0.15) is 6.29 Å². The van der Waals surface area contributed by atoms with Gasteiger partial charge < -0.3 is 4.90 Å². The number of hydrogen-bond donors (Lipinski definition) is 0. The first-order valence-corrected chi connectivity index (χ1v) is 9.55. The van der Waals surface area contributed by atoms with Crippen LogP contribution in [0.4, 0.5) is 28.4 Å². The van der Waals surface area contributed by atoms with Crippen molar-refractivity contribution in [3.63, 3.8) is 0 Å². The second kappa shape index (κ2) is 10.0. The molecule has 3 rings (SSSR count). The van der Waals surface area contributed by atoms with E-state index in [1.165, 1.54) is 5.69 Å². The molecule has 0 atom stereocenters. The summed E-state index contributed by atoms with van der Waals surface area (Å²) in [5.41, 5.74) is 4.75. The molecule has 0 heterocycles. The molecule has 0 aliphatic carbocycles. The van der Waals surface area contributed by atoms with E-state index in [9.17, 15) is 4.79 Å². The fourth-order valence-corrected chi connectivity index (χ4v) is 2.76. The van der Waals surface area contributed by atoms with E-state index in [-0.39, 0.29) is 0 Å². The van der Waals surface area contributed by atoms with Gasteiger partial charge in [-0.3, -0.25) is 4.79 Å². The zero-order chi connectivity index (χ0) is 20.5. The monoisotopic (exact) mass is 385 g/mol. The number of nitrogens with zero attached hydrogens (tertiary/aromatic N) is 5. The van der Waals surface area contributed by atoms with E-state index in [1.54, 1.807) is 24.3 Å². The van der Waals surface area contributed by atoms with Gasteiger partial charge in [0.15, 0.2) is 0 Å². The van der Waals surface area contributed by atoms with Gasteiger partial charge in [0.25, 0.3) is 0 Å². The van der Waals surface area contributed by atoms with E-state index in [1.807, 2.05) is 36.4 Å². The van der Waals surface area contributed by atoms with Crippen LogP contribution in [0.25, 0.3) is 0 Å². The van der Waals surface area contributed by atoms with Crippen molar-refractivity contribution in [2.45, 2.75) is 13.8 Å². The van der Waals surface area contributed by atoms with Crippen LogP contribution < -0.4 is 4.90 Å². The number of rotatable bonds is 8. The fraction of sp³-hybridized carbons (Fsp3) is 0.174. The highest BCUT2D eigenvalue weighted by Gasteiger charge is 2.01. The number of anilines is 1. The maximum atomic E-state index is 10.7. The van der Waals surface area contributed by atoms with E-state index >= 15 is 0 Å². The van der Waals surface area contributed by atoms with Gasteiger partial charge in [0, 0.05) is 24.3 Å². The highest BCUT2D eigenvalue weighted by atomic mass is 16.1. The van der Waals surface area contributed by atoms with E-state index in [2.05, 4.69) is 51.3 Å². The Bertz CT molecular complexity index is 973. The predicted octanol–water partition coefficient (Wildman–Crippen LogP) is 7.18. The van der Waals surface area contributed by atoms with E-state index in [0.717, 1.165) is 30.8 Å². The molecule has 6 nitrogen and oxygen atoms in total. The Kier molecular flexibility index (Phi) is 6.95. The maximum absolute atomic E-state index is 10.7. The number of aldehydes is 1. The first kappa shape index (κ1) is 20.1. The Hall–Kier alpha value is -3.67. The Morgan fingerprint density at radius 3 is 1.31 bits per heavy atom. The fourth-order valence-electron chi connectivity index (χ4n) is 2.76. The largest absolute Gasteiger partial charge is 0.372 e. The van der Waals surface area contributed by atoms with Gasteiger partial charge in [-0.05, 0) is 86.6 Å². The molecule has 3 aromatic rings. The van der Waals surface area contributed by atoms with Crippen LogP contribution in [0.1, 0.15) is 24.2 Å². The zero-order valence-electron chi connectivity index (χ0n) is 16.6. The molecule has 0 aromatic heterocycles. The molecule has 0 fully saturated rings. The maximum Gasteiger partial charge on any atom is 0.150 e. The van der Waals surface area contributed by atoms with E-state index in [4.69, 9.17) is 0 Å². The molecule has 3 aromatic carbocycles. The number of carbonyl (C=O) groups is 1. The third-order valence-corrected chi connectivity index (χ3v) is 4.42. The summed E-state index contributed by atoms with van der Waals surface area (Å²) in [5, 5.41) is 16.9. The smallest absolute Gasteiger partial charge is 0.150 e. The molecule has 0 bridgehead atoms. The van der Waals surface area contributed by atoms with Crippen LogP contribution in [0.15, 0.2) is 93.3 Å². The van der Waals surface area contributed by atoms with Crippen LogP contribution in [-0.2, 0) is 0 Å². The number of azo groups is 2. The summed E-state index contributed by atoms with van der Waals surface area (Å²) < 4.78 is 0. The summed E-state index contributed by atoms with van der Waals surface area (Å²) >= 11 is 0. The first-order chi connectivity index (χ1) is 14.2. The molecular weight excluding hydrogens is 362 g/mol. The molecule has 0 amide bonds. The van der Waals surface area contributed by atoms with Gasteiger partial charge in [-0.25, -0.2) is 0 Å². The summed E-state index contributed by atoms with van der Waals surface area (Å²) in [5.74, 6) is 0. The topological polar surface area (TPSA) is 69.8 Å². The van der Waals surface area contributed by atoms with Crippen molar-refractivity contribution >= 4 is 34.7 Å². The minimum absolute atomic E-state index is 0.612. The minimum Gasteiger partial charge on any atom is -0.372 e. The van der Waals surface area contributed by atoms with Crippen molar-refractivity contribution in [3.05, 3.63) is 78.4 Å². The average Bonchev–Trinajstić information content (AvgIpc) is 2.79. The summed E-state index contributed by atoms with van der Waals surface area (Å²) in [4.78, 5) is 12.9. The van der Waals surface area contributed by atoms with Crippen molar-refractivity contribution < 1.29 is 4.79 Å². The summed E-state index contributed by atoms with van der Waals surface area (Å²) in [6.07, 6.45) is 0.799. The van der Waals surface area contributed by atoms with Crippen molar-refractivity contribution in [1.82, 2.24) is 0 Å². The lowest BCUT2D eigenvalue weighted by Gasteiger charge is -2.20. The lowest BCUT2D eigenvalue weighted by Crippen LogP contribution is -2.21. The number of benzene rings is 3. The molecule has 0 saturated heterocycles. The molecule has 0 aliphatic rings. The van der Waals surface area contributed by atoms with Crippen molar-refractivity contribution in [2.75, 3.05) is 18.0 Å². The Balaban J connectivity index is 1.62. The summed E-state index contributed by atoms with van der Waals surface area (Å²) in [7, 11) is 0. The van der Waals surface area contributed by atoms with E-state index in [0.29, 0.717) is 16.9 Å². The molecule has 0 spiro atoms. The summed E-state index contributed by atoms with van der Waals surface area (Å²) in [6, 6.07) is 22.3. The normalized spacial score (nSPS) is 11.2. The molecule has 146 valence electrons. The van der Waals surface area contributed by atoms with Gasteiger partial charge in [-0.15, -0.1) is 0 Å². The lowest BCUT2D eigenvalue weighted by molar-refractivity contribution is 0.112. The van der Waals surface area contributed by atoms with Crippen molar-refractivity contribution in [3.8, 4) is 0 Å². The first-order valence-electron chi connectivity index (χ1n) is 9.55. The molecule has 6 heteroatoms. The molecule has 0 N–H and O–H groups in total. The van der Waals surface area contributed by atoms with Crippen LogP contribution in [0, 0.1) is 0 Å². The summed E-state index contributed by atoms with van der Waals surface area (Å²) in [6.45, 7) is 6.24. The van der Waals surface area contributed by atoms with Crippen molar-refractivity contribution in [2.24, 2.45) is 20.5 Å².